The smallest absolute Gasteiger partial charge is 0.312 e. The predicted octanol–water partition coefficient (Wildman–Crippen LogP) is 2.73. The van der Waals surface area contributed by atoms with Crippen molar-refractivity contribution in [1.29, 1.82) is 0 Å². The monoisotopic (exact) mass is 328 g/mol. The third-order valence-corrected chi connectivity index (χ3v) is 5.40. The van der Waals surface area contributed by atoms with Crippen molar-refractivity contribution in [2.45, 2.75) is 39.0 Å². The van der Waals surface area contributed by atoms with Gasteiger partial charge >= 0.3 is 11.8 Å². The summed E-state index contributed by atoms with van der Waals surface area (Å²) in [5.41, 5.74) is 1.36. The van der Waals surface area contributed by atoms with Gasteiger partial charge in [-0.3, -0.25) is 9.59 Å². The molecule has 0 spiro atoms. The third-order valence-electron chi connectivity index (χ3n) is 5.40. The minimum Gasteiger partial charge on any atom is -0.334 e. The Bertz CT molecular complexity index is 564. The van der Waals surface area contributed by atoms with E-state index in [1.54, 1.807) is 9.80 Å². The van der Waals surface area contributed by atoms with Gasteiger partial charge in [0.2, 0.25) is 0 Å². The maximum Gasteiger partial charge on any atom is 0.312 e. The summed E-state index contributed by atoms with van der Waals surface area (Å²) in [7, 11) is 0. The number of carbonyl (C=O) groups excluding carboxylic acids is 2. The molecule has 3 rings (SSSR count). The number of rotatable bonds is 2. The van der Waals surface area contributed by atoms with Crippen LogP contribution in [0.3, 0.4) is 0 Å². The van der Waals surface area contributed by atoms with Crippen LogP contribution in [-0.2, 0) is 16.0 Å². The van der Waals surface area contributed by atoms with Crippen molar-refractivity contribution in [3.63, 3.8) is 0 Å². The van der Waals surface area contributed by atoms with Gasteiger partial charge in [-0.25, -0.2) is 0 Å². The van der Waals surface area contributed by atoms with Crippen LogP contribution < -0.4 is 0 Å². The number of carbonyl (C=O) groups is 2. The van der Waals surface area contributed by atoms with Gasteiger partial charge in [-0.05, 0) is 49.5 Å². The molecule has 1 aromatic rings. The Balaban J connectivity index is 1.49. The first-order valence-electron chi connectivity index (χ1n) is 9.25. The second-order valence-corrected chi connectivity index (χ2v) is 7.42. The van der Waals surface area contributed by atoms with Crippen LogP contribution in [0.5, 0.6) is 0 Å². The number of piperidine rings is 2. The largest absolute Gasteiger partial charge is 0.334 e. The molecule has 2 saturated heterocycles. The van der Waals surface area contributed by atoms with E-state index in [1.807, 2.05) is 6.07 Å². The Morgan fingerprint density at radius 2 is 1.62 bits per heavy atom. The number of hydrogen-bond acceptors (Lipinski definition) is 2. The van der Waals surface area contributed by atoms with E-state index in [9.17, 15) is 9.59 Å². The summed E-state index contributed by atoms with van der Waals surface area (Å²) in [4.78, 5) is 28.5. The van der Waals surface area contributed by atoms with E-state index < -0.39 is 0 Å². The van der Waals surface area contributed by atoms with Crippen LogP contribution in [0.15, 0.2) is 30.3 Å². The molecule has 0 aliphatic carbocycles. The molecule has 2 amide bonds. The van der Waals surface area contributed by atoms with Crippen molar-refractivity contribution in [2.24, 2.45) is 11.8 Å². The van der Waals surface area contributed by atoms with Crippen molar-refractivity contribution in [3.05, 3.63) is 35.9 Å². The van der Waals surface area contributed by atoms with Crippen molar-refractivity contribution >= 4 is 11.8 Å². The van der Waals surface area contributed by atoms with Gasteiger partial charge in [0.05, 0.1) is 0 Å². The maximum atomic E-state index is 12.5. The third kappa shape index (κ3) is 4.16. The van der Waals surface area contributed by atoms with E-state index in [4.69, 9.17) is 0 Å². The van der Waals surface area contributed by atoms with E-state index in [-0.39, 0.29) is 11.8 Å². The summed E-state index contributed by atoms with van der Waals surface area (Å²) in [6.45, 7) is 5.05. The number of amides is 2. The first-order chi connectivity index (χ1) is 11.6. The Morgan fingerprint density at radius 3 is 2.29 bits per heavy atom. The van der Waals surface area contributed by atoms with Crippen molar-refractivity contribution < 1.29 is 9.59 Å². The Labute approximate surface area is 144 Å². The van der Waals surface area contributed by atoms with Crippen molar-refractivity contribution in [3.8, 4) is 0 Å². The van der Waals surface area contributed by atoms with E-state index >= 15 is 0 Å². The van der Waals surface area contributed by atoms with Gasteiger partial charge in [0.1, 0.15) is 0 Å². The van der Waals surface area contributed by atoms with Crippen LogP contribution in [0.1, 0.15) is 38.2 Å². The molecule has 0 aromatic heterocycles. The molecule has 1 atom stereocenters. The number of benzene rings is 1. The van der Waals surface area contributed by atoms with Gasteiger partial charge in [0.15, 0.2) is 0 Å². The first kappa shape index (κ1) is 17.0. The van der Waals surface area contributed by atoms with E-state index in [0.717, 1.165) is 45.2 Å². The van der Waals surface area contributed by atoms with Gasteiger partial charge in [-0.2, -0.15) is 0 Å². The van der Waals surface area contributed by atoms with Crippen LogP contribution in [0.2, 0.25) is 0 Å². The molecule has 1 aromatic carbocycles. The minimum atomic E-state index is -0.290. The van der Waals surface area contributed by atoms with Gasteiger partial charge in [-0.1, -0.05) is 37.3 Å². The van der Waals surface area contributed by atoms with Gasteiger partial charge in [-0.15, -0.1) is 0 Å². The molecule has 2 aliphatic rings. The summed E-state index contributed by atoms with van der Waals surface area (Å²) in [6, 6.07) is 10.5. The molecule has 130 valence electrons. The zero-order chi connectivity index (χ0) is 16.9. The molecule has 2 fully saturated rings. The van der Waals surface area contributed by atoms with Crippen molar-refractivity contribution in [2.75, 3.05) is 26.2 Å². The highest BCUT2D eigenvalue weighted by molar-refractivity contribution is 6.34. The standard InChI is InChI=1S/C20H28N2O2/c1-16-6-5-11-22(15-16)20(24)19(23)21-12-9-18(10-13-21)14-17-7-3-2-4-8-17/h2-4,7-8,16,18H,5-6,9-15H2,1H3. The first-order valence-corrected chi connectivity index (χ1v) is 9.25. The second-order valence-electron chi connectivity index (χ2n) is 7.42. The molecular weight excluding hydrogens is 300 g/mol. The van der Waals surface area contributed by atoms with Crippen LogP contribution in [-0.4, -0.2) is 47.8 Å². The number of hydrogen-bond donors (Lipinski definition) is 0. The molecule has 1 unspecified atom stereocenters. The molecule has 0 bridgehead atoms. The average molecular weight is 328 g/mol. The lowest BCUT2D eigenvalue weighted by molar-refractivity contribution is -0.153. The zero-order valence-corrected chi connectivity index (χ0v) is 14.6. The fraction of sp³-hybridized carbons (Fsp3) is 0.600. The second kappa shape index (κ2) is 7.82. The minimum absolute atomic E-state index is 0.289. The average Bonchev–Trinajstić information content (AvgIpc) is 2.62. The predicted molar refractivity (Wildman–Crippen MR) is 94.4 cm³/mol. The molecule has 4 nitrogen and oxygen atoms in total. The van der Waals surface area contributed by atoms with Crippen LogP contribution in [0.25, 0.3) is 0 Å². The lowest BCUT2D eigenvalue weighted by Crippen LogP contribution is -2.50. The lowest BCUT2D eigenvalue weighted by atomic mass is 9.90. The van der Waals surface area contributed by atoms with Crippen LogP contribution in [0, 0.1) is 11.8 Å². The summed E-state index contributed by atoms with van der Waals surface area (Å²) in [5, 5.41) is 0. The fourth-order valence-corrected chi connectivity index (χ4v) is 3.93. The SMILES string of the molecule is CC1CCCN(C(=O)C(=O)N2CCC(Cc3ccccc3)CC2)C1. The molecule has 2 aliphatic heterocycles. The lowest BCUT2D eigenvalue weighted by Gasteiger charge is -2.35. The molecule has 0 N–H and O–H groups in total. The van der Waals surface area contributed by atoms with Crippen LogP contribution >= 0.6 is 0 Å². The van der Waals surface area contributed by atoms with Gasteiger partial charge in [0.25, 0.3) is 0 Å². The Hall–Kier alpha value is -1.84. The number of nitrogens with zero attached hydrogens (tertiary/aromatic N) is 2. The normalized spacial score (nSPS) is 22.5. The maximum absolute atomic E-state index is 12.5. The highest BCUT2D eigenvalue weighted by Crippen LogP contribution is 2.22. The summed E-state index contributed by atoms with van der Waals surface area (Å²) in [5.74, 6) is 0.541. The summed E-state index contributed by atoms with van der Waals surface area (Å²) in [6.07, 6.45) is 5.22. The molecular formula is C20H28N2O2. The quantitative estimate of drug-likeness (QED) is 0.783. The van der Waals surface area contributed by atoms with Gasteiger partial charge < -0.3 is 9.80 Å². The van der Waals surface area contributed by atoms with E-state index in [2.05, 4.69) is 31.2 Å². The molecule has 4 heteroatoms. The Kier molecular flexibility index (Phi) is 5.54. The molecule has 0 radical (unpaired) electrons. The fourth-order valence-electron chi connectivity index (χ4n) is 3.93. The highest BCUT2D eigenvalue weighted by atomic mass is 16.2. The van der Waals surface area contributed by atoms with E-state index in [1.165, 1.54) is 5.56 Å². The molecule has 24 heavy (non-hydrogen) atoms. The Morgan fingerprint density at radius 1 is 0.958 bits per heavy atom. The van der Waals surface area contributed by atoms with E-state index in [0.29, 0.717) is 24.9 Å². The molecule has 2 heterocycles. The zero-order valence-electron chi connectivity index (χ0n) is 14.6. The van der Waals surface area contributed by atoms with Crippen molar-refractivity contribution in [1.82, 2.24) is 9.80 Å². The summed E-state index contributed by atoms with van der Waals surface area (Å²) < 4.78 is 0. The highest BCUT2D eigenvalue weighted by Gasteiger charge is 2.31. The van der Waals surface area contributed by atoms with Gasteiger partial charge in [0, 0.05) is 26.2 Å². The molecule has 0 saturated carbocycles. The summed E-state index contributed by atoms with van der Waals surface area (Å²) >= 11 is 0. The van der Waals surface area contributed by atoms with Crippen LogP contribution in [0.4, 0.5) is 0 Å². The number of likely N-dealkylation sites (tertiary alicyclic amines) is 2. The topological polar surface area (TPSA) is 40.6 Å².